The van der Waals surface area contributed by atoms with E-state index in [0.29, 0.717) is 11.5 Å². The summed E-state index contributed by atoms with van der Waals surface area (Å²) in [6.45, 7) is 2.19. The first kappa shape index (κ1) is 12.9. The third-order valence-corrected chi connectivity index (χ3v) is 3.45. The summed E-state index contributed by atoms with van der Waals surface area (Å²) in [6, 6.07) is 4.13. The minimum Gasteiger partial charge on any atom is -0.399 e. The molecule has 1 aromatic rings. The highest BCUT2D eigenvalue weighted by atomic mass is 19.1. The molecule has 4 heteroatoms. The van der Waals surface area contributed by atoms with Crippen LogP contribution in [0.25, 0.3) is 0 Å². The van der Waals surface area contributed by atoms with E-state index in [2.05, 4.69) is 12.2 Å². The van der Waals surface area contributed by atoms with Gasteiger partial charge in [-0.05, 0) is 37.0 Å². The smallest absolute Gasteiger partial charge is 0.251 e. The highest BCUT2D eigenvalue weighted by Crippen LogP contribution is 2.23. The van der Waals surface area contributed by atoms with Crippen molar-refractivity contribution in [2.75, 3.05) is 5.73 Å². The Labute approximate surface area is 107 Å². The highest BCUT2D eigenvalue weighted by molar-refractivity contribution is 5.95. The van der Waals surface area contributed by atoms with Gasteiger partial charge in [0.05, 0.1) is 0 Å². The summed E-state index contributed by atoms with van der Waals surface area (Å²) in [4.78, 5) is 12.0. The fourth-order valence-corrected chi connectivity index (χ4v) is 2.58. The minimum atomic E-state index is -0.475. The number of hydrogen-bond acceptors (Lipinski definition) is 2. The molecule has 1 amide bonds. The van der Waals surface area contributed by atoms with E-state index >= 15 is 0 Å². The molecule has 0 heterocycles. The van der Waals surface area contributed by atoms with E-state index in [1.807, 2.05) is 0 Å². The molecule has 2 rings (SSSR count). The highest BCUT2D eigenvalue weighted by Gasteiger charge is 2.21. The van der Waals surface area contributed by atoms with E-state index in [1.54, 1.807) is 0 Å². The second-order valence-corrected chi connectivity index (χ2v) is 5.22. The predicted molar refractivity (Wildman–Crippen MR) is 69.7 cm³/mol. The number of carbonyl (C=O) groups is 1. The second-order valence-electron chi connectivity index (χ2n) is 5.22. The Morgan fingerprint density at radius 3 is 2.83 bits per heavy atom. The summed E-state index contributed by atoms with van der Waals surface area (Å²) in [6.07, 6.45) is 4.36. The Balaban J connectivity index is 2.02. The Hall–Kier alpha value is -1.58. The van der Waals surface area contributed by atoms with Crippen LogP contribution in [-0.4, -0.2) is 11.9 Å². The molecular formula is C14H19FN2O. The molecule has 98 valence electrons. The van der Waals surface area contributed by atoms with Gasteiger partial charge in [-0.15, -0.1) is 0 Å². The quantitative estimate of drug-likeness (QED) is 0.793. The largest absolute Gasteiger partial charge is 0.399 e. The number of amides is 1. The van der Waals surface area contributed by atoms with Gasteiger partial charge in [0.2, 0.25) is 0 Å². The van der Waals surface area contributed by atoms with Gasteiger partial charge in [-0.1, -0.05) is 19.8 Å². The van der Waals surface area contributed by atoms with Gasteiger partial charge in [-0.25, -0.2) is 4.39 Å². The zero-order chi connectivity index (χ0) is 13.1. The molecule has 0 aromatic heterocycles. The number of rotatable bonds is 2. The van der Waals surface area contributed by atoms with Crippen LogP contribution in [0.3, 0.4) is 0 Å². The molecule has 2 unspecified atom stereocenters. The van der Waals surface area contributed by atoms with E-state index in [-0.39, 0.29) is 17.6 Å². The van der Waals surface area contributed by atoms with Crippen molar-refractivity contribution < 1.29 is 9.18 Å². The summed E-state index contributed by atoms with van der Waals surface area (Å²) in [5.41, 5.74) is 6.10. The number of benzene rings is 1. The second kappa shape index (κ2) is 5.38. The Morgan fingerprint density at radius 2 is 2.17 bits per heavy atom. The summed E-state index contributed by atoms with van der Waals surface area (Å²) in [5, 5.41) is 2.96. The minimum absolute atomic E-state index is 0.200. The maximum Gasteiger partial charge on any atom is 0.251 e. The van der Waals surface area contributed by atoms with Gasteiger partial charge >= 0.3 is 0 Å². The lowest BCUT2D eigenvalue weighted by molar-refractivity contribution is 0.0921. The Bertz CT molecular complexity index is 427. The van der Waals surface area contributed by atoms with Crippen molar-refractivity contribution in [3.05, 3.63) is 29.6 Å². The van der Waals surface area contributed by atoms with Crippen LogP contribution in [0.2, 0.25) is 0 Å². The molecule has 0 aliphatic heterocycles. The number of halogens is 1. The molecule has 0 bridgehead atoms. The zero-order valence-corrected chi connectivity index (χ0v) is 10.6. The van der Waals surface area contributed by atoms with Crippen LogP contribution in [-0.2, 0) is 0 Å². The van der Waals surface area contributed by atoms with Gasteiger partial charge in [-0.3, -0.25) is 4.79 Å². The molecule has 2 atom stereocenters. The zero-order valence-electron chi connectivity index (χ0n) is 10.6. The van der Waals surface area contributed by atoms with Gasteiger partial charge in [0.25, 0.3) is 5.91 Å². The molecule has 1 aliphatic carbocycles. The molecule has 1 aromatic carbocycles. The maximum atomic E-state index is 13.2. The molecule has 3 N–H and O–H groups in total. The molecular weight excluding hydrogens is 231 g/mol. The maximum absolute atomic E-state index is 13.2. The number of carbonyl (C=O) groups excluding carboxylic acids is 1. The van der Waals surface area contributed by atoms with Crippen molar-refractivity contribution in [2.24, 2.45) is 5.92 Å². The van der Waals surface area contributed by atoms with Crippen molar-refractivity contribution >= 4 is 11.6 Å². The topological polar surface area (TPSA) is 55.1 Å². The van der Waals surface area contributed by atoms with E-state index in [4.69, 9.17) is 5.73 Å². The van der Waals surface area contributed by atoms with Crippen molar-refractivity contribution in [1.82, 2.24) is 5.32 Å². The molecule has 18 heavy (non-hydrogen) atoms. The lowest BCUT2D eigenvalue weighted by atomic mass is 9.87. The van der Waals surface area contributed by atoms with Crippen LogP contribution in [0, 0.1) is 11.7 Å². The first-order valence-electron chi connectivity index (χ1n) is 6.41. The monoisotopic (exact) mass is 250 g/mol. The first-order chi connectivity index (χ1) is 8.54. The lowest BCUT2D eigenvalue weighted by Gasteiger charge is -2.27. The van der Waals surface area contributed by atoms with Crippen molar-refractivity contribution in [2.45, 2.75) is 38.6 Å². The molecule has 0 saturated heterocycles. The van der Waals surface area contributed by atoms with E-state index < -0.39 is 5.82 Å². The molecule has 0 spiro atoms. The normalized spacial score (nSPS) is 23.7. The van der Waals surface area contributed by atoms with E-state index in [9.17, 15) is 9.18 Å². The third-order valence-electron chi connectivity index (χ3n) is 3.45. The summed E-state index contributed by atoms with van der Waals surface area (Å²) in [5.74, 6) is -0.0703. The molecule has 1 saturated carbocycles. The average Bonchev–Trinajstić information content (AvgIpc) is 2.27. The van der Waals surface area contributed by atoms with Crippen molar-refractivity contribution in [1.29, 1.82) is 0 Å². The molecule has 3 nitrogen and oxygen atoms in total. The first-order valence-corrected chi connectivity index (χ1v) is 6.41. The van der Waals surface area contributed by atoms with Crippen LogP contribution < -0.4 is 11.1 Å². The standard InChI is InChI=1S/C14H19FN2O/c1-9-3-2-4-13(5-9)17-14(18)10-6-11(15)8-12(16)7-10/h6-9,13H,2-5,16H2,1H3,(H,17,18). The predicted octanol–water partition coefficient (Wildman–Crippen LogP) is 2.72. The molecule has 1 fully saturated rings. The van der Waals surface area contributed by atoms with Gasteiger partial charge < -0.3 is 11.1 Å². The van der Waals surface area contributed by atoms with Crippen molar-refractivity contribution in [3.63, 3.8) is 0 Å². The molecule has 0 radical (unpaired) electrons. The Kier molecular flexibility index (Phi) is 3.84. The van der Waals surface area contributed by atoms with Crippen LogP contribution in [0.5, 0.6) is 0 Å². The van der Waals surface area contributed by atoms with Crippen LogP contribution in [0.15, 0.2) is 18.2 Å². The molecule has 1 aliphatic rings. The summed E-state index contributed by atoms with van der Waals surface area (Å²) < 4.78 is 13.2. The lowest BCUT2D eigenvalue weighted by Crippen LogP contribution is -2.38. The van der Waals surface area contributed by atoms with E-state index in [1.165, 1.54) is 24.6 Å². The number of hydrogen-bond donors (Lipinski definition) is 2. The van der Waals surface area contributed by atoms with Crippen LogP contribution in [0.1, 0.15) is 43.0 Å². The van der Waals surface area contributed by atoms with Gasteiger partial charge in [0.15, 0.2) is 0 Å². The van der Waals surface area contributed by atoms with Gasteiger partial charge in [-0.2, -0.15) is 0 Å². The Morgan fingerprint density at radius 1 is 1.39 bits per heavy atom. The van der Waals surface area contributed by atoms with E-state index in [0.717, 1.165) is 19.3 Å². The SMILES string of the molecule is CC1CCCC(NC(=O)c2cc(N)cc(F)c2)C1. The summed E-state index contributed by atoms with van der Waals surface area (Å²) in [7, 11) is 0. The summed E-state index contributed by atoms with van der Waals surface area (Å²) >= 11 is 0. The van der Waals surface area contributed by atoms with Crippen LogP contribution in [0.4, 0.5) is 10.1 Å². The number of nitrogens with two attached hydrogens (primary N) is 1. The number of anilines is 1. The number of nitrogen functional groups attached to an aromatic ring is 1. The van der Waals surface area contributed by atoms with Crippen LogP contribution >= 0.6 is 0 Å². The van der Waals surface area contributed by atoms with Gasteiger partial charge in [0, 0.05) is 17.3 Å². The number of nitrogens with one attached hydrogen (secondary N) is 1. The fourth-order valence-electron chi connectivity index (χ4n) is 2.58. The third kappa shape index (κ3) is 3.22. The van der Waals surface area contributed by atoms with Gasteiger partial charge in [0.1, 0.15) is 5.82 Å². The average molecular weight is 250 g/mol. The van der Waals surface area contributed by atoms with Crippen molar-refractivity contribution in [3.8, 4) is 0 Å². The fraction of sp³-hybridized carbons (Fsp3) is 0.500.